The van der Waals surface area contributed by atoms with Crippen molar-refractivity contribution in [2.24, 2.45) is 10.8 Å². The van der Waals surface area contributed by atoms with E-state index in [4.69, 9.17) is 0 Å². The summed E-state index contributed by atoms with van der Waals surface area (Å²) in [6.07, 6.45) is 8.32. The van der Waals surface area contributed by atoms with Gasteiger partial charge in [-0.05, 0) is 55.5 Å². The van der Waals surface area contributed by atoms with Gasteiger partial charge < -0.3 is 4.79 Å². The predicted molar refractivity (Wildman–Crippen MR) is 133 cm³/mol. The van der Waals surface area contributed by atoms with Crippen molar-refractivity contribution in [1.82, 2.24) is 9.97 Å². The van der Waals surface area contributed by atoms with Gasteiger partial charge in [-0.2, -0.15) is 0 Å². The Labute approximate surface area is 195 Å². The van der Waals surface area contributed by atoms with Gasteiger partial charge in [-0.1, -0.05) is 45.9 Å². The third-order valence-electron chi connectivity index (χ3n) is 4.04. The minimum atomic E-state index is -0.267. The van der Waals surface area contributed by atoms with Gasteiger partial charge in [0.25, 0.3) is 0 Å². The molecule has 6 heteroatoms. The Morgan fingerprint density at radius 3 is 1.68 bits per heavy atom. The maximum Gasteiger partial charge on any atom is 0.152 e. The molecule has 0 aromatic carbocycles. The maximum atomic E-state index is 10.9. The topological polar surface area (TPSA) is 59.9 Å². The first-order valence-corrected chi connectivity index (χ1v) is 12.2. The van der Waals surface area contributed by atoms with Crippen molar-refractivity contribution in [2.75, 3.05) is 11.5 Å². The van der Waals surface area contributed by atoms with Crippen LogP contribution in [0.25, 0.3) is 0 Å². The molecule has 2 aromatic rings. The number of carbonyl (C=O) groups is 2. The average molecular weight is 459 g/mol. The molecule has 0 aliphatic rings. The fraction of sp³-hybridized carbons (Fsp3) is 0.440. The molecule has 0 amide bonds. The second-order valence-electron chi connectivity index (χ2n) is 8.96. The van der Waals surface area contributed by atoms with E-state index in [1.807, 2.05) is 64.4 Å². The number of hydrogen-bond donors (Lipinski definition) is 0. The Kier molecular flexibility index (Phi) is 11.2. The van der Waals surface area contributed by atoms with Crippen molar-refractivity contribution in [2.45, 2.75) is 58.5 Å². The number of aldehydes is 1. The Morgan fingerprint density at radius 2 is 1.32 bits per heavy atom. The Balaban J connectivity index is 0.000000316. The van der Waals surface area contributed by atoms with E-state index in [1.54, 1.807) is 36.5 Å². The van der Waals surface area contributed by atoms with E-state index in [2.05, 4.69) is 29.9 Å². The quantitative estimate of drug-likeness (QED) is 0.247. The van der Waals surface area contributed by atoms with Gasteiger partial charge in [0.05, 0.1) is 10.1 Å². The molecular weight excluding hydrogens is 424 g/mol. The highest BCUT2D eigenvalue weighted by molar-refractivity contribution is 7.99. The zero-order valence-electron chi connectivity index (χ0n) is 19.6. The summed E-state index contributed by atoms with van der Waals surface area (Å²) in [5, 5.41) is 2.01. The van der Waals surface area contributed by atoms with Crippen LogP contribution in [0.5, 0.6) is 0 Å². The number of rotatable bonds is 9. The van der Waals surface area contributed by atoms with Crippen LogP contribution >= 0.6 is 23.5 Å². The average Bonchev–Trinajstić information content (AvgIpc) is 2.72. The van der Waals surface area contributed by atoms with Crippen LogP contribution in [0.3, 0.4) is 0 Å². The minimum absolute atomic E-state index is 0.00288. The summed E-state index contributed by atoms with van der Waals surface area (Å²) >= 11 is 3.33. The van der Waals surface area contributed by atoms with Crippen LogP contribution in [0.4, 0.5) is 0 Å². The number of aryl methyl sites for hydroxylation is 2. The molecular formula is C25H34N2O2S2. The first-order valence-electron chi connectivity index (χ1n) is 10.2. The fourth-order valence-corrected chi connectivity index (χ4v) is 3.81. The number of allylic oxidation sites excluding steroid dienone is 2. The third-order valence-corrected chi connectivity index (χ3v) is 6.89. The van der Waals surface area contributed by atoms with Gasteiger partial charge >= 0.3 is 0 Å². The van der Waals surface area contributed by atoms with E-state index in [1.165, 1.54) is 5.56 Å². The van der Waals surface area contributed by atoms with Crippen molar-refractivity contribution in [3.8, 4) is 0 Å². The predicted octanol–water partition coefficient (Wildman–Crippen LogP) is 6.36. The van der Waals surface area contributed by atoms with Crippen LogP contribution in [0, 0.1) is 24.7 Å². The molecule has 0 fully saturated rings. The molecule has 0 atom stereocenters. The summed E-state index contributed by atoms with van der Waals surface area (Å²) in [4.78, 5) is 30.2. The molecule has 0 N–H and O–H groups in total. The molecule has 0 radical (unpaired) electrons. The van der Waals surface area contributed by atoms with E-state index >= 15 is 0 Å². The van der Waals surface area contributed by atoms with Gasteiger partial charge in [-0.3, -0.25) is 4.79 Å². The first-order chi connectivity index (χ1) is 14.4. The molecule has 0 spiro atoms. The van der Waals surface area contributed by atoms with Crippen molar-refractivity contribution in [1.29, 1.82) is 0 Å². The summed E-state index contributed by atoms with van der Waals surface area (Å²) in [7, 11) is 0. The summed E-state index contributed by atoms with van der Waals surface area (Å²) in [5.41, 5.74) is 2.06. The minimum Gasteiger partial charge on any atom is -0.303 e. The highest BCUT2D eigenvalue weighted by atomic mass is 32.2. The number of aromatic nitrogens is 2. The molecule has 168 valence electrons. The standard InChI is InChI=1S/C14H19NOS.C11H15NOS/c1-11-5-6-13(15-9-11)17-10-14(3,4)8-7-12(2)16;1-9-4-5-10(12-6-9)14-8-11(2,3)7-13/h5-9H,10H2,1-4H3;4-7H,8H2,1-3H3/b8-7+;. The molecule has 4 nitrogen and oxygen atoms in total. The van der Waals surface area contributed by atoms with Crippen LogP contribution in [-0.2, 0) is 9.59 Å². The summed E-state index contributed by atoms with van der Waals surface area (Å²) < 4.78 is 0. The van der Waals surface area contributed by atoms with Crippen LogP contribution in [0.2, 0.25) is 0 Å². The van der Waals surface area contributed by atoms with Crippen LogP contribution in [0.15, 0.2) is 58.9 Å². The van der Waals surface area contributed by atoms with E-state index in [-0.39, 0.29) is 16.6 Å². The highest BCUT2D eigenvalue weighted by Gasteiger charge is 2.17. The molecule has 2 aromatic heterocycles. The van der Waals surface area contributed by atoms with E-state index in [0.717, 1.165) is 33.4 Å². The van der Waals surface area contributed by atoms with Crippen LogP contribution in [-0.4, -0.2) is 33.5 Å². The lowest BCUT2D eigenvalue weighted by molar-refractivity contribution is -0.114. The monoisotopic (exact) mass is 458 g/mol. The van der Waals surface area contributed by atoms with E-state index in [0.29, 0.717) is 0 Å². The molecule has 2 heterocycles. The second-order valence-corrected chi connectivity index (χ2v) is 11.0. The number of ketones is 1. The SMILES string of the molecule is CC(=O)/C=C/C(C)(C)CSc1ccc(C)cn1.Cc1ccc(SCC(C)(C)C=O)nc1. The number of hydrogen-bond acceptors (Lipinski definition) is 6. The number of nitrogens with zero attached hydrogens (tertiary/aromatic N) is 2. The number of carbonyl (C=O) groups excluding carboxylic acids is 2. The second kappa shape index (κ2) is 12.8. The van der Waals surface area contributed by atoms with Gasteiger partial charge in [0.1, 0.15) is 6.29 Å². The van der Waals surface area contributed by atoms with Gasteiger partial charge in [0.15, 0.2) is 5.78 Å². The first kappa shape index (κ1) is 27.1. The van der Waals surface area contributed by atoms with Crippen molar-refractivity contribution >= 4 is 35.6 Å². The zero-order chi connectivity index (χ0) is 23.5. The molecule has 0 saturated carbocycles. The van der Waals surface area contributed by atoms with Gasteiger partial charge in [0.2, 0.25) is 0 Å². The Bertz CT molecular complexity index is 858. The van der Waals surface area contributed by atoms with Gasteiger partial charge in [-0.25, -0.2) is 9.97 Å². The lowest BCUT2D eigenvalue weighted by atomic mass is 9.95. The summed E-state index contributed by atoms with van der Waals surface area (Å²) in [5.74, 6) is 1.77. The molecule has 0 saturated heterocycles. The lowest BCUT2D eigenvalue weighted by Crippen LogP contribution is -2.15. The summed E-state index contributed by atoms with van der Waals surface area (Å²) in [6.45, 7) is 13.7. The Morgan fingerprint density at radius 1 is 0.871 bits per heavy atom. The van der Waals surface area contributed by atoms with Crippen molar-refractivity contribution in [3.63, 3.8) is 0 Å². The van der Waals surface area contributed by atoms with Crippen molar-refractivity contribution in [3.05, 3.63) is 59.9 Å². The van der Waals surface area contributed by atoms with Gasteiger partial charge in [0, 0.05) is 29.3 Å². The third kappa shape index (κ3) is 12.5. The number of pyridine rings is 2. The molecule has 2 rings (SSSR count). The molecule has 0 aliphatic heterocycles. The molecule has 0 aliphatic carbocycles. The van der Waals surface area contributed by atoms with Gasteiger partial charge in [-0.15, -0.1) is 23.5 Å². The van der Waals surface area contributed by atoms with Crippen LogP contribution in [0.1, 0.15) is 45.7 Å². The lowest BCUT2D eigenvalue weighted by Gasteiger charge is -2.18. The number of thioether (sulfide) groups is 2. The molecule has 0 bridgehead atoms. The maximum absolute atomic E-state index is 10.9. The van der Waals surface area contributed by atoms with E-state index < -0.39 is 0 Å². The van der Waals surface area contributed by atoms with E-state index in [9.17, 15) is 9.59 Å². The fourth-order valence-electron chi connectivity index (χ4n) is 2.02. The molecule has 31 heavy (non-hydrogen) atoms. The largest absolute Gasteiger partial charge is 0.303 e. The Hall–Kier alpha value is -1.92. The summed E-state index contributed by atoms with van der Waals surface area (Å²) in [6, 6.07) is 8.11. The van der Waals surface area contributed by atoms with Crippen LogP contribution < -0.4 is 0 Å². The van der Waals surface area contributed by atoms with Crippen molar-refractivity contribution < 1.29 is 9.59 Å². The normalized spacial score (nSPS) is 11.7. The zero-order valence-corrected chi connectivity index (χ0v) is 21.3. The smallest absolute Gasteiger partial charge is 0.152 e. The highest BCUT2D eigenvalue weighted by Crippen LogP contribution is 2.27. The molecule has 0 unspecified atom stereocenters.